The first-order chi connectivity index (χ1) is 7.22. The van der Waals surface area contributed by atoms with Crippen LogP contribution in [-0.2, 0) is 9.53 Å². The smallest absolute Gasteiger partial charge is 0.306 e. The number of piperidine rings is 1. The molecule has 1 saturated heterocycles. The lowest BCUT2D eigenvalue weighted by Crippen LogP contribution is -2.35. The van der Waals surface area contributed by atoms with Gasteiger partial charge in [0.1, 0.15) is 6.10 Å². The van der Waals surface area contributed by atoms with Crippen molar-refractivity contribution in [3.05, 3.63) is 0 Å². The Labute approximate surface area is 91.8 Å². The summed E-state index contributed by atoms with van der Waals surface area (Å²) in [6.45, 7) is 2.71. The number of nitrogens with two attached hydrogens (primary N) is 1. The second-order valence-corrected chi connectivity index (χ2v) is 4.24. The van der Waals surface area contributed by atoms with Gasteiger partial charge < -0.3 is 15.4 Å². The number of hydrogen-bond donors (Lipinski definition) is 1. The Kier molecular flexibility index (Phi) is 5.65. The van der Waals surface area contributed by atoms with E-state index in [2.05, 4.69) is 11.9 Å². The van der Waals surface area contributed by atoms with Gasteiger partial charge in [0.15, 0.2) is 0 Å². The second-order valence-electron chi connectivity index (χ2n) is 4.24. The molecular formula is C11H22N2O2. The number of hydrogen-bond acceptors (Lipinski definition) is 4. The largest absolute Gasteiger partial charge is 0.462 e. The van der Waals surface area contributed by atoms with Gasteiger partial charge in [-0.1, -0.05) is 0 Å². The van der Waals surface area contributed by atoms with E-state index in [1.807, 2.05) is 0 Å². The zero-order chi connectivity index (χ0) is 11.1. The molecule has 0 bridgehead atoms. The molecule has 2 N–H and O–H groups in total. The Morgan fingerprint density at radius 1 is 1.40 bits per heavy atom. The number of rotatable bonds is 5. The first-order valence-corrected chi connectivity index (χ1v) is 5.80. The Balaban J connectivity index is 2.09. The molecular weight excluding hydrogens is 192 g/mol. The SMILES string of the molecule is CN1CCC(OC(=O)CCCCN)CC1. The van der Waals surface area contributed by atoms with Crippen LogP contribution in [-0.4, -0.2) is 43.7 Å². The molecule has 4 nitrogen and oxygen atoms in total. The first-order valence-electron chi connectivity index (χ1n) is 5.80. The standard InChI is InChI=1S/C11H22N2O2/c1-13-8-5-10(6-9-13)15-11(14)4-2-3-7-12/h10H,2-9,12H2,1H3. The van der Waals surface area contributed by atoms with E-state index < -0.39 is 0 Å². The lowest BCUT2D eigenvalue weighted by Gasteiger charge is -2.28. The molecule has 0 aliphatic carbocycles. The predicted octanol–water partition coefficient (Wildman–Crippen LogP) is 0.753. The molecule has 0 saturated carbocycles. The molecule has 0 radical (unpaired) electrons. The van der Waals surface area contributed by atoms with Crippen molar-refractivity contribution in [2.24, 2.45) is 5.73 Å². The predicted molar refractivity (Wildman–Crippen MR) is 59.5 cm³/mol. The zero-order valence-corrected chi connectivity index (χ0v) is 9.58. The van der Waals surface area contributed by atoms with Gasteiger partial charge in [0.05, 0.1) is 0 Å². The minimum Gasteiger partial charge on any atom is -0.462 e. The van der Waals surface area contributed by atoms with E-state index in [9.17, 15) is 4.79 Å². The van der Waals surface area contributed by atoms with Crippen LogP contribution in [0.5, 0.6) is 0 Å². The molecule has 0 aromatic rings. The molecule has 15 heavy (non-hydrogen) atoms. The number of carbonyl (C=O) groups excluding carboxylic acids is 1. The highest BCUT2D eigenvalue weighted by atomic mass is 16.5. The average molecular weight is 214 g/mol. The summed E-state index contributed by atoms with van der Waals surface area (Å²) in [6, 6.07) is 0. The van der Waals surface area contributed by atoms with Crippen LogP contribution in [0.1, 0.15) is 32.1 Å². The molecule has 1 aliphatic rings. The maximum Gasteiger partial charge on any atom is 0.306 e. The highest BCUT2D eigenvalue weighted by Gasteiger charge is 2.19. The van der Waals surface area contributed by atoms with Crippen molar-refractivity contribution < 1.29 is 9.53 Å². The fraction of sp³-hybridized carbons (Fsp3) is 0.909. The quantitative estimate of drug-likeness (QED) is 0.542. The number of carbonyl (C=O) groups is 1. The summed E-state index contributed by atoms with van der Waals surface area (Å²) in [5.74, 6) is -0.0574. The number of ether oxygens (including phenoxy) is 1. The maximum absolute atomic E-state index is 11.4. The molecule has 0 spiro atoms. The fourth-order valence-corrected chi connectivity index (χ4v) is 1.76. The summed E-state index contributed by atoms with van der Waals surface area (Å²) in [5, 5.41) is 0. The van der Waals surface area contributed by atoms with Crippen LogP contribution in [0, 0.1) is 0 Å². The molecule has 0 atom stereocenters. The minimum absolute atomic E-state index is 0.0574. The van der Waals surface area contributed by atoms with Crippen molar-refractivity contribution in [3.63, 3.8) is 0 Å². The Morgan fingerprint density at radius 3 is 2.67 bits per heavy atom. The molecule has 0 amide bonds. The highest BCUT2D eigenvalue weighted by molar-refractivity contribution is 5.69. The van der Waals surface area contributed by atoms with Crippen molar-refractivity contribution in [1.29, 1.82) is 0 Å². The molecule has 1 rings (SSSR count). The van der Waals surface area contributed by atoms with Crippen molar-refractivity contribution in [2.45, 2.75) is 38.2 Å². The second kappa shape index (κ2) is 6.80. The summed E-state index contributed by atoms with van der Waals surface area (Å²) in [4.78, 5) is 13.7. The van der Waals surface area contributed by atoms with Gasteiger partial charge in [0.2, 0.25) is 0 Å². The molecule has 0 aromatic heterocycles. The number of likely N-dealkylation sites (tertiary alicyclic amines) is 1. The first kappa shape index (κ1) is 12.5. The van der Waals surface area contributed by atoms with Gasteiger partial charge >= 0.3 is 5.97 Å². The Bertz CT molecular complexity index is 189. The van der Waals surface area contributed by atoms with E-state index >= 15 is 0 Å². The van der Waals surface area contributed by atoms with E-state index in [4.69, 9.17) is 10.5 Å². The molecule has 1 heterocycles. The minimum atomic E-state index is -0.0574. The van der Waals surface area contributed by atoms with Crippen LogP contribution < -0.4 is 5.73 Å². The monoisotopic (exact) mass is 214 g/mol. The Morgan fingerprint density at radius 2 is 2.07 bits per heavy atom. The normalized spacial score (nSPS) is 19.1. The van der Waals surface area contributed by atoms with E-state index in [-0.39, 0.29) is 12.1 Å². The highest BCUT2D eigenvalue weighted by Crippen LogP contribution is 2.13. The van der Waals surface area contributed by atoms with E-state index in [0.29, 0.717) is 13.0 Å². The van der Waals surface area contributed by atoms with E-state index in [1.165, 1.54) is 0 Å². The molecule has 4 heteroatoms. The zero-order valence-electron chi connectivity index (χ0n) is 9.58. The third-order valence-corrected chi connectivity index (χ3v) is 2.80. The molecule has 1 aliphatic heterocycles. The summed E-state index contributed by atoms with van der Waals surface area (Å²) >= 11 is 0. The topological polar surface area (TPSA) is 55.6 Å². The summed E-state index contributed by atoms with van der Waals surface area (Å²) in [5.41, 5.74) is 5.36. The van der Waals surface area contributed by atoms with Crippen LogP contribution in [0.4, 0.5) is 0 Å². The molecule has 0 aromatic carbocycles. The van der Waals surface area contributed by atoms with Gasteiger partial charge in [0, 0.05) is 19.5 Å². The third kappa shape index (κ3) is 5.14. The Hall–Kier alpha value is -0.610. The van der Waals surface area contributed by atoms with Gasteiger partial charge in [0.25, 0.3) is 0 Å². The fourth-order valence-electron chi connectivity index (χ4n) is 1.76. The number of nitrogens with zero attached hydrogens (tertiary/aromatic N) is 1. The maximum atomic E-state index is 11.4. The van der Waals surface area contributed by atoms with Crippen LogP contribution >= 0.6 is 0 Å². The van der Waals surface area contributed by atoms with Gasteiger partial charge in [-0.3, -0.25) is 4.79 Å². The summed E-state index contributed by atoms with van der Waals surface area (Å²) in [7, 11) is 2.10. The van der Waals surface area contributed by atoms with Crippen LogP contribution in [0.3, 0.4) is 0 Å². The molecule has 1 fully saturated rings. The lowest BCUT2D eigenvalue weighted by molar-refractivity contribution is -0.151. The van der Waals surface area contributed by atoms with Crippen molar-refractivity contribution >= 4 is 5.97 Å². The van der Waals surface area contributed by atoms with E-state index in [1.54, 1.807) is 0 Å². The van der Waals surface area contributed by atoms with Crippen molar-refractivity contribution in [1.82, 2.24) is 4.90 Å². The lowest BCUT2D eigenvalue weighted by atomic mass is 10.1. The third-order valence-electron chi connectivity index (χ3n) is 2.80. The van der Waals surface area contributed by atoms with Gasteiger partial charge in [-0.2, -0.15) is 0 Å². The summed E-state index contributed by atoms with van der Waals surface area (Å²) in [6.07, 6.45) is 4.36. The van der Waals surface area contributed by atoms with Gasteiger partial charge in [-0.25, -0.2) is 0 Å². The van der Waals surface area contributed by atoms with Crippen LogP contribution in [0.25, 0.3) is 0 Å². The van der Waals surface area contributed by atoms with Gasteiger partial charge in [-0.05, 0) is 39.3 Å². The average Bonchev–Trinajstić information content (AvgIpc) is 2.22. The number of esters is 1. The summed E-state index contributed by atoms with van der Waals surface area (Å²) < 4.78 is 5.38. The van der Waals surface area contributed by atoms with Crippen molar-refractivity contribution in [3.8, 4) is 0 Å². The van der Waals surface area contributed by atoms with Gasteiger partial charge in [-0.15, -0.1) is 0 Å². The van der Waals surface area contributed by atoms with Crippen molar-refractivity contribution in [2.75, 3.05) is 26.7 Å². The molecule has 88 valence electrons. The van der Waals surface area contributed by atoms with Crippen LogP contribution in [0.15, 0.2) is 0 Å². The van der Waals surface area contributed by atoms with E-state index in [0.717, 1.165) is 38.8 Å². The van der Waals surface area contributed by atoms with Crippen LogP contribution in [0.2, 0.25) is 0 Å². The number of unbranched alkanes of at least 4 members (excludes halogenated alkanes) is 1. The molecule has 0 unspecified atom stereocenters.